The lowest BCUT2D eigenvalue weighted by Gasteiger charge is -2.11. The molecule has 0 aliphatic carbocycles. The maximum absolute atomic E-state index is 9.10. The number of ether oxygens (including phenoxy) is 3. The van der Waals surface area contributed by atoms with Gasteiger partial charge in [-0.05, 0) is 37.6 Å². The molecule has 0 radical (unpaired) electrons. The first-order valence-corrected chi connectivity index (χ1v) is 8.87. The Morgan fingerprint density at radius 3 is 2.11 bits per heavy atom. The van der Waals surface area contributed by atoms with Crippen molar-refractivity contribution in [3.8, 4) is 5.75 Å². The molecule has 8 nitrogen and oxygen atoms in total. The van der Waals surface area contributed by atoms with E-state index in [-0.39, 0.29) is 0 Å². The Kier molecular flexibility index (Phi) is 14.6. The van der Waals surface area contributed by atoms with Crippen LogP contribution < -0.4 is 10.1 Å². The summed E-state index contributed by atoms with van der Waals surface area (Å²) in [4.78, 5) is 18.2. The SMILES string of the molecule is COCCCNCCOCCOc1c(Cl)cc(C)cc1Cl.O=C(O)C(=O)O. The monoisotopic (exact) mass is 425 g/mol. The molecule has 0 bridgehead atoms. The third kappa shape index (κ3) is 13.3. The van der Waals surface area contributed by atoms with Gasteiger partial charge in [0.2, 0.25) is 0 Å². The zero-order chi connectivity index (χ0) is 20.7. The molecule has 1 rings (SSSR count). The van der Waals surface area contributed by atoms with Crippen molar-refractivity contribution in [2.75, 3.05) is 46.6 Å². The fraction of sp³-hybridized carbons (Fsp3) is 0.529. The number of hydrogen-bond acceptors (Lipinski definition) is 6. The van der Waals surface area contributed by atoms with Crippen LogP contribution in [0.1, 0.15) is 12.0 Å². The summed E-state index contributed by atoms with van der Waals surface area (Å²) in [6.07, 6.45) is 1.00. The molecule has 0 heterocycles. The van der Waals surface area contributed by atoms with E-state index in [4.69, 9.17) is 57.2 Å². The highest BCUT2D eigenvalue weighted by Crippen LogP contribution is 2.33. The summed E-state index contributed by atoms with van der Waals surface area (Å²) in [7, 11) is 1.70. The van der Waals surface area contributed by atoms with E-state index in [2.05, 4.69) is 5.32 Å². The Balaban J connectivity index is 0.000000972. The molecule has 0 atom stereocenters. The Hall–Kier alpha value is -1.58. The molecular weight excluding hydrogens is 401 g/mol. The Labute approximate surface area is 168 Å². The highest BCUT2D eigenvalue weighted by Gasteiger charge is 2.08. The van der Waals surface area contributed by atoms with Crippen LogP contribution >= 0.6 is 23.2 Å². The molecule has 154 valence electrons. The van der Waals surface area contributed by atoms with Gasteiger partial charge in [-0.15, -0.1) is 0 Å². The van der Waals surface area contributed by atoms with Crippen LogP contribution in [0.5, 0.6) is 5.75 Å². The van der Waals surface area contributed by atoms with E-state index in [1.165, 1.54) is 0 Å². The molecule has 0 fully saturated rings. The second-order valence-electron chi connectivity index (χ2n) is 5.23. The van der Waals surface area contributed by atoms with Crippen LogP contribution in [-0.2, 0) is 19.1 Å². The number of benzene rings is 1. The highest BCUT2D eigenvalue weighted by atomic mass is 35.5. The van der Waals surface area contributed by atoms with Crippen LogP contribution in [0.15, 0.2) is 12.1 Å². The molecule has 0 aromatic heterocycles. The summed E-state index contributed by atoms with van der Waals surface area (Å²) in [6, 6.07) is 3.65. The Morgan fingerprint density at radius 2 is 1.59 bits per heavy atom. The number of aryl methyl sites for hydroxylation is 1. The van der Waals surface area contributed by atoms with E-state index in [9.17, 15) is 0 Å². The van der Waals surface area contributed by atoms with Crippen LogP contribution in [-0.4, -0.2) is 68.8 Å². The number of carboxylic acids is 2. The summed E-state index contributed by atoms with van der Waals surface area (Å²) in [5.74, 6) is -3.13. The molecule has 27 heavy (non-hydrogen) atoms. The summed E-state index contributed by atoms with van der Waals surface area (Å²) >= 11 is 12.2. The molecule has 0 saturated heterocycles. The smallest absolute Gasteiger partial charge is 0.414 e. The van der Waals surface area contributed by atoms with Crippen molar-refractivity contribution in [1.82, 2.24) is 5.32 Å². The minimum Gasteiger partial charge on any atom is -0.488 e. The molecule has 10 heteroatoms. The van der Waals surface area contributed by atoms with Gasteiger partial charge in [0.1, 0.15) is 6.61 Å². The third-order valence-electron chi connectivity index (χ3n) is 2.92. The number of aliphatic carboxylic acids is 2. The summed E-state index contributed by atoms with van der Waals surface area (Å²) in [6.45, 7) is 6.03. The largest absolute Gasteiger partial charge is 0.488 e. The summed E-state index contributed by atoms with van der Waals surface area (Å²) in [5.41, 5.74) is 1.01. The molecule has 0 amide bonds. The maximum Gasteiger partial charge on any atom is 0.414 e. The topological polar surface area (TPSA) is 114 Å². The summed E-state index contributed by atoms with van der Waals surface area (Å²) in [5, 5.41) is 19.1. The Bertz CT molecular complexity index is 549. The second kappa shape index (κ2) is 15.5. The number of nitrogens with one attached hydrogen (secondary N) is 1. The van der Waals surface area contributed by atoms with Crippen LogP contribution in [0.4, 0.5) is 0 Å². The average molecular weight is 426 g/mol. The van der Waals surface area contributed by atoms with Crippen LogP contribution in [0.2, 0.25) is 10.0 Å². The van der Waals surface area contributed by atoms with E-state index in [0.717, 1.165) is 31.7 Å². The first kappa shape index (κ1) is 25.4. The standard InChI is InChI=1S/C15H23Cl2NO3.C2H2O4/c1-12-10-13(16)15(14(17)11-12)21-9-8-20-7-5-18-4-3-6-19-2;3-1(4)2(5)6/h10-11,18H,3-9H2,1-2H3;(H,3,4)(H,5,6). The zero-order valence-corrected chi connectivity index (χ0v) is 16.8. The number of methoxy groups -OCH3 is 1. The zero-order valence-electron chi connectivity index (χ0n) is 15.3. The van der Waals surface area contributed by atoms with E-state index >= 15 is 0 Å². The molecule has 3 N–H and O–H groups in total. The lowest BCUT2D eigenvalue weighted by atomic mass is 10.2. The van der Waals surface area contributed by atoms with Crippen molar-refractivity contribution >= 4 is 35.1 Å². The fourth-order valence-corrected chi connectivity index (χ4v) is 2.45. The number of rotatable bonds is 11. The highest BCUT2D eigenvalue weighted by molar-refractivity contribution is 6.37. The van der Waals surface area contributed by atoms with Crippen LogP contribution in [0, 0.1) is 6.92 Å². The molecule has 0 saturated carbocycles. The number of carboxylic acid groups (broad SMARTS) is 2. The first-order valence-electron chi connectivity index (χ1n) is 8.11. The van der Waals surface area contributed by atoms with Gasteiger partial charge in [-0.2, -0.15) is 0 Å². The van der Waals surface area contributed by atoms with Gasteiger partial charge in [-0.25, -0.2) is 9.59 Å². The van der Waals surface area contributed by atoms with Crippen molar-refractivity contribution in [3.63, 3.8) is 0 Å². The quantitative estimate of drug-likeness (QED) is 0.365. The van der Waals surface area contributed by atoms with E-state index in [1.54, 1.807) is 7.11 Å². The van der Waals surface area contributed by atoms with Crippen molar-refractivity contribution in [3.05, 3.63) is 27.7 Å². The number of hydrogen-bond donors (Lipinski definition) is 3. The minimum atomic E-state index is -1.82. The van der Waals surface area contributed by atoms with Crippen molar-refractivity contribution in [2.24, 2.45) is 0 Å². The van der Waals surface area contributed by atoms with Crippen molar-refractivity contribution < 1.29 is 34.0 Å². The maximum atomic E-state index is 9.10. The normalized spacial score (nSPS) is 10.1. The molecular formula is C17H25Cl2NO7. The minimum absolute atomic E-state index is 0.423. The number of halogens is 2. The Morgan fingerprint density at radius 1 is 1.00 bits per heavy atom. The second-order valence-corrected chi connectivity index (χ2v) is 6.04. The lowest BCUT2D eigenvalue weighted by molar-refractivity contribution is -0.159. The molecule has 1 aromatic carbocycles. The van der Waals surface area contributed by atoms with Gasteiger partial charge in [0.25, 0.3) is 0 Å². The van der Waals surface area contributed by atoms with Gasteiger partial charge >= 0.3 is 11.9 Å². The third-order valence-corrected chi connectivity index (χ3v) is 3.49. The lowest BCUT2D eigenvalue weighted by Crippen LogP contribution is -2.22. The van der Waals surface area contributed by atoms with Gasteiger partial charge in [-0.1, -0.05) is 23.2 Å². The number of carbonyl (C=O) groups is 2. The van der Waals surface area contributed by atoms with Gasteiger partial charge in [-0.3, -0.25) is 0 Å². The molecule has 0 spiro atoms. The molecule has 0 unspecified atom stereocenters. The van der Waals surface area contributed by atoms with Crippen LogP contribution in [0.3, 0.4) is 0 Å². The predicted octanol–water partition coefficient (Wildman–Crippen LogP) is 2.48. The predicted molar refractivity (Wildman–Crippen MR) is 102 cm³/mol. The van der Waals surface area contributed by atoms with Gasteiger partial charge < -0.3 is 29.7 Å². The van der Waals surface area contributed by atoms with Crippen molar-refractivity contribution in [1.29, 1.82) is 0 Å². The van der Waals surface area contributed by atoms with E-state index in [1.807, 2.05) is 19.1 Å². The van der Waals surface area contributed by atoms with Gasteiger partial charge in [0.05, 0.1) is 23.3 Å². The fourth-order valence-electron chi connectivity index (χ4n) is 1.74. The summed E-state index contributed by atoms with van der Waals surface area (Å²) < 4.78 is 16.0. The van der Waals surface area contributed by atoms with Crippen molar-refractivity contribution in [2.45, 2.75) is 13.3 Å². The van der Waals surface area contributed by atoms with Gasteiger partial charge in [0.15, 0.2) is 5.75 Å². The molecule has 1 aromatic rings. The van der Waals surface area contributed by atoms with E-state index < -0.39 is 11.9 Å². The molecule has 0 aliphatic rings. The van der Waals surface area contributed by atoms with Gasteiger partial charge in [0, 0.05) is 20.3 Å². The first-order chi connectivity index (χ1) is 12.8. The van der Waals surface area contributed by atoms with E-state index in [0.29, 0.717) is 35.6 Å². The molecule has 0 aliphatic heterocycles. The average Bonchev–Trinajstić information content (AvgIpc) is 2.58. The van der Waals surface area contributed by atoms with Crippen LogP contribution in [0.25, 0.3) is 0 Å².